The molecule has 7 rings (SSSR count). The van der Waals surface area contributed by atoms with Gasteiger partial charge in [-0.2, -0.15) is 0 Å². The molecule has 0 aliphatic heterocycles. The van der Waals surface area contributed by atoms with Gasteiger partial charge in [-0.25, -0.2) is 9.97 Å². The fraction of sp³-hybridized carbons (Fsp3) is 0. The second-order valence-electron chi connectivity index (χ2n) is 9.06. The molecular weight excluding hydrogens is 468 g/mol. The van der Waals surface area contributed by atoms with Crippen LogP contribution in [-0.4, -0.2) is 9.97 Å². The minimum atomic E-state index is 0.742. The molecule has 3 heteroatoms. The van der Waals surface area contributed by atoms with Crippen molar-refractivity contribution in [3.8, 4) is 45.0 Å². The zero-order valence-corrected chi connectivity index (χ0v) is 20.8. The Labute approximate surface area is 219 Å². The molecule has 0 aliphatic carbocycles. The Morgan fingerprint density at radius 2 is 0.973 bits per heavy atom. The zero-order chi connectivity index (χ0) is 24.6. The van der Waals surface area contributed by atoms with Gasteiger partial charge in [0.25, 0.3) is 0 Å². The summed E-state index contributed by atoms with van der Waals surface area (Å²) in [5.74, 6) is 0.742. The maximum absolute atomic E-state index is 5.16. The van der Waals surface area contributed by atoms with Gasteiger partial charge in [0.1, 0.15) is 0 Å². The van der Waals surface area contributed by atoms with Gasteiger partial charge >= 0.3 is 0 Å². The Morgan fingerprint density at radius 1 is 0.432 bits per heavy atom. The maximum atomic E-state index is 5.16. The van der Waals surface area contributed by atoms with Crippen molar-refractivity contribution in [3.63, 3.8) is 0 Å². The Bertz CT molecular complexity index is 1800. The highest BCUT2D eigenvalue weighted by atomic mass is 32.1. The van der Waals surface area contributed by atoms with Crippen LogP contribution in [0.25, 0.3) is 65.2 Å². The highest BCUT2D eigenvalue weighted by Crippen LogP contribution is 2.42. The summed E-state index contributed by atoms with van der Waals surface area (Å²) in [5.41, 5.74) is 7.41. The molecule has 2 aromatic heterocycles. The molecule has 0 radical (unpaired) electrons. The number of aromatic nitrogens is 2. The normalized spacial score (nSPS) is 11.2. The van der Waals surface area contributed by atoms with Crippen LogP contribution >= 0.6 is 11.3 Å². The van der Waals surface area contributed by atoms with E-state index in [0.29, 0.717) is 0 Å². The Morgan fingerprint density at radius 3 is 1.59 bits per heavy atom. The van der Waals surface area contributed by atoms with Crippen LogP contribution in [0.5, 0.6) is 0 Å². The van der Waals surface area contributed by atoms with Gasteiger partial charge in [-0.1, -0.05) is 109 Å². The number of fused-ring (bicyclic) bond motifs is 3. The van der Waals surface area contributed by atoms with Crippen molar-refractivity contribution in [2.24, 2.45) is 0 Å². The number of hydrogen-bond acceptors (Lipinski definition) is 3. The summed E-state index contributed by atoms with van der Waals surface area (Å²) in [6.07, 6.45) is 0. The predicted octanol–water partition coefficient (Wildman–Crippen LogP) is 9.51. The molecule has 0 bridgehead atoms. The molecule has 2 nitrogen and oxygen atoms in total. The molecule has 7 aromatic rings. The van der Waals surface area contributed by atoms with Crippen molar-refractivity contribution < 1.29 is 0 Å². The van der Waals surface area contributed by atoms with Crippen LogP contribution in [0.4, 0.5) is 0 Å². The molecule has 0 saturated heterocycles. The van der Waals surface area contributed by atoms with E-state index in [-0.39, 0.29) is 0 Å². The molecule has 0 fully saturated rings. The largest absolute Gasteiger partial charge is 0.228 e. The molecule has 0 saturated carbocycles. The second-order valence-corrected chi connectivity index (χ2v) is 10.1. The van der Waals surface area contributed by atoms with Gasteiger partial charge in [0.15, 0.2) is 5.82 Å². The van der Waals surface area contributed by atoms with E-state index >= 15 is 0 Å². The van der Waals surface area contributed by atoms with Gasteiger partial charge in [0.2, 0.25) is 0 Å². The minimum Gasteiger partial charge on any atom is -0.228 e. The van der Waals surface area contributed by atoms with Gasteiger partial charge in [0, 0.05) is 36.9 Å². The van der Waals surface area contributed by atoms with Crippen molar-refractivity contribution in [1.29, 1.82) is 0 Å². The molecule has 37 heavy (non-hydrogen) atoms. The number of rotatable bonds is 4. The fourth-order valence-corrected chi connectivity index (χ4v) is 6.08. The maximum Gasteiger partial charge on any atom is 0.161 e. The first kappa shape index (κ1) is 21.7. The molecule has 0 spiro atoms. The Hall–Kier alpha value is -4.60. The first-order valence-corrected chi connectivity index (χ1v) is 13.2. The van der Waals surface area contributed by atoms with Crippen LogP contribution < -0.4 is 0 Å². The summed E-state index contributed by atoms with van der Waals surface area (Å²) in [5, 5.41) is 2.46. The summed E-state index contributed by atoms with van der Waals surface area (Å²) in [6, 6.07) is 46.6. The SMILES string of the molecule is c1ccc(-c2cc(-c3nc(-c4ccccc4)cc(-c4ccccc4)n3)c3c(c2)sc2ccccc23)cc1. The lowest BCUT2D eigenvalue weighted by atomic mass is 9.98. The van der Waals surface area contributed by atoms with Gasteiger partial charge < -0.3 is 0 Å². The Balaban J connectivity index is 1.56. The first-order chi connectivity index (χ1) is 18.3. The monoisotopic (exact) mass is 490 g/mol. The van der Waals surface area contributed by atoms with E-state index in [1.54, 1.807) is 0 Å². The summed E-state index contributed by atoms with van der Waals surface area (Å²) in [4.78, 5) is 10.3. The molecule has 0 unspecified atom stereocenters. The molecule has 0 aliphatic rings. The summed E-state index contributed by atoms with van der Waals surface area (Å²) in [7, 11) is 0. The van der Waals surface area contributed by atoms with Crippen molar-refractivity contribution in [2.45, 2.75) is 0 Å². The average Bonchev–Trinajstić information content (AvgIpc) is 3.36. The van der Waals surface area contributed by atoms with Gasteiger partial charge in [-0.15, -0.1) is 11.3 Å². The van der Waals surface area contributed by atoms with E-state index in [9.17, 15) is 0 Å². The van der Waals surface area contributed by atoms with E-state index in [1.165, 1.54) is 31.3 Å². The molecular formula is C34H22N2S. The van der Waals surface area contributed by atoms with Crippen molar-refractivity contribution in [2.75, 3.05) is 0 Å². The number of nitrogens with zero attached hydrogens (tertiary/aromatic N) is 2. The van der Waals surface area contributed by atoms with Gasteiger partial charge in [-0.3, -0.25) is 0 Å². The van der Waals surface area contributed by atoms with Crippen LogP contribution in [0.1, 0.15) is 0 Å². The third-order valence-electron chi connectivity index (χ3n) is 6.69. The van der Waals surface area contributed by atoms with Crippen LogP contribution in [0.3, 0.4) is 0 Å². The van der Waals surface area contributed by atoms with E-state index in [2.05, 4.69) is 121 Å². The Kier molecular flexibility index (Phi) is 5.34. The zero-order valence-electron chi connectivity index (χ0n) is 20.0. The first-order valence-electron chi connectivity index (χ1n) is 12.3. The third kappa shape index (κ3) is 4.00. The fourth-order valence-electron chi connectivity index (χ4n) is 4.91. The molecule has 0 atom stereocenters. The second kappa shape index (κ2) is 9.12. The van der Waals surface area contributed by atoms with E-state index in [4.69, 9.17) is 9.97 Å². The molecule has 5 aromatic carbocycles. The lowest BCUT2D eigenvalue weighted by Gasteiger charge is -2.12. The molecule has 174 valence electrons. The molecule has 0 N–H and O–H groups in total. The lowest BCUT2D eigenvalue weighted by Crippen LogP contribution is -1.96. The lowest BCUT2D eigenvalue weighted by molar-refractivity contribution is 1.19. The highest BCUT2D eigenvalue weighted by Gasteiger charge is 2.17. The molecule has 2 heterocycles. The van der Waals surface area contributed by atoms with Crippen LogP contribution in [-0.2, 0) is 0 Å². The van der Waals surface area contributed by atoms with Crippen molar-refractivity contribution in [3.05, 3.63) is 133 Å². The summed E-state index contributed by atoms with van der Waals surface area (Å²) < 4.78 is 2.51. The van der Waals surface area contributed by atoms with Gasteiger partial charge in [0.05, 0.1) is 11.4 Å². The average molecular weight is 491 g/mol. The van der Waals surface area contributed by atoms with Crippen molar-refractivity contribution >= 4 is 31.5 Å². The number of benzene rings is 5. The number of hydrogen-bond donors (Lipinski definition) is 0. The number of thiophene rings is 1. The van der Waals surface area contributed by atoms with E-state index < -0.39 is 0 Å². The van der Waals surface area contributed by atoms with Crippen LogP contribution in [0.15, 0.2) is 133 Å². The highest BCUT2D eigenvalue weighted by molar-refractivity contribution is 7.26. The molecule has 0 amide bonds. The van der Waals surface area contributed by atoms with Gasteiger partial charge in [-0.05, 0) is 35.4 Å². The van der Waals surface area contributed by atoms with Crippen LogP contribution in [0.2, 0.25) is 0 Å². The van der Waals surface area contributed by atoms with Crippen molar-refractivity contribution in [1.82, 2.24) is 9.97 Å². The third-order valence-corrected chi connectivity index (χ3v) is 7.81. The quantitative estimate of drug-likeness (QED) is 0.245. The predicted molar refractivity (Wildman–Crippen MR) is 157 cm³/mol. The smallest absolute Gasteiger partial charge is 0.161 e. The summed E-state index contributed by atoms with van der Waals surface area (Å²) in [6.45, 7) is 0. The topological polar surface area (TPSA) is 25.8 Å². The summed E-state index contributed by atoms with van der Waals surface area (Å²) >= 11 is 1.82. The van der Waals surface area contributed by atoms with E-state index in [1.807, 2.05) is 23.5 Å². The standard InChI is InChI=1S/C34H22N2S/c1-4-12-23(13-5-1)26-20-28(33-27-18-10-11-19-31(27)37-32(33)21-26)34-35-29(24-14-6-2-7-15-24)22-30(36-34)25-16-8-3-9-17-25/h1-22H. The van der Waals surface area contributed by atoms with E-state index in [0.717, 1.165) is 33.9 Å². The van der Waals surface area contributed by atoms with Crippen LogP contribution in [0, 0.1) is 0 Å². The minimum absolute atomic E-state index is 0.742.